The fourth-order valence-corrected chi connectivity index (χ4v) is 0.993. The van der Waals surface area contributed by atoms with Gasteiger partial charge in [-0.15, -0.1) is 0 Å². The van der Waals surface area contributed by atoms with Gasteiger partial charge in [-0.3, -0.25) is 0 Å². The Morgan fingerprint density at radius 3 is 2.50 bits per heavy atom. The van der Waals surface area contributed by atoms with E-state index in [4.69, 9.17) is 0 Å². The third-order valence-corrected chi connectivity index (χ3v) is 1.58. The summed E-state index contributed by atoms with van der Waals surface area (Å²) in [4.78, 5) is 0. The Hall–Kier alpha value is -0.840. The summed E-state index contributed by atoms with van der Waals surface area (Å²) in [5, 5.41) is 0. The molecule has 1 N–H and O–H groups in total. The molecule has 0 radical (unpaired) electrons. The highest BCUT2D eigenvalue weighted by Gasteiger charge is 2.11. The van der Waals surface area contributed by atoms with Gasteiger partial charge in [0.15, 0.2) is 0 Å². The molecule has 0 saturated heterocycles. The molecule has 0 aromatic heterocycles. The molecule has 0 heterocycles. The largest absolute Gasteiger partial charge is 0.670 e. The maximum absolute atomic E-state index is 12.4. The zero-order valence-corrected chi connectivity index (χ0v) is 6.67. The Kier molecular flexibility index (Phi) is 2.86. The zero-order chi connectivity index (χ0) is 9.14. The molecular weight excluding hydrogens is 187 g/mol. The highest BCUT2D eigenvalue weighted by Crippen LogP contribution is 2.27. The Morgan fingerprint density at radius 1 is 1.33 bits per heavy atom. The molecule has 0 fully saturated rings. The summed E-state index contributed by atoms with van der Waals surface area (Å²) in [6, 6.07) is 3.02. The van der Waals surface area contributed by atoms with E-state index < -0.39 is 17.8 Å². The Bertz CT molecular complexity index is 277. The van der Waals surface area contributed by atoms with Crippen molar-refractivity contribution in [1.82, 2.24) is 0 Å². The van der Waals surface area contributed by atoms with Crippen LogP contribution < -0.4 is 4.72 Å². The quantitative estimate of drug-likeness (QED) is 0.723. The van der Waals surface area contributed by atoms with E-state index in [1.807, 2.05) is 0 Å². The number of alkyl halides is 2. The first kappa shape index (κ1) is 9.25. The predicted octanol–water partition coefficient (Wildman–Crippen LogP) is 2.64. The lowest BCUT2D eigenvalue weighted by Crippen LogP contribution is -1.95. The average molecular weight is 192 g/mol. The van der Waals surface area contributed by atoms with Crippen LogP contribution in [0.25, 0.3) is 0 Å². The maximum Gasteiger partial charge on any atom is 0.265 e. The molecule has 0 spiro atoms. The molecule has 1 aromatic carbocycles. The molecule has 0 saturated carbocycles. The van der Waals surface area contributed by atoms with E-state index in [1.54, 1.807) is 0 Å². The van der Waals surface area contributed by atoms with Crippen LogP contribution in [0.5, 0.6) is 0 Å². The molecule has 0 aliphatic heterocycles. The van der Waals surface area contributed by atoms with Crippen LogP contribution in [0.15, 0.2) is 18.2 Å². The minimum Gasteiger partial charge on any atom is -0.670 e. The fourth-order valence-electron chi connectivity index (χ4n) is 0.807. The van der Waals surface area contributed by atoms with Gasteiger partial charge in [-0.05, 0) is 18.2 Å². The van der Waals surface area contributed by atoms with Gasteiger partial charge in [0, 0.05) is 11.3 Å². The summed E-state index contributed by atoms with van der Waals surface area (Å²) in [5.41, 5.74) is -0.341. The molecule has 1 rings (SSSR count). The van der Waals surface area contributed by atoms with Crippen molar-refractivity contribution in [3.8, 4) is 0 Å². The van der Waals surface area contributed by atoms with Crippen molar-refractivity contribution in [2.45, 2.75) is 6.43 Å². The summed E-state index contributed by atoms with van der Waals surface area (Å²) in [6.45, 7) is 0. The van der Waals surface area contributed by atoms with Gasteiger partial charge >= 0.3 is 0 Å². The number of benzene rings is 1. The summed E-state index contributed by atoms with van der Waals surface area (Å²) < 4.78 is 38.9. The molecule has 12 heavy (non-hydrogen) atoms. The van der Waals surface area contributed by atoms with E-state index in [9.17, 15) is 13.2 Å². The van der Waals surface area contributed by atoms with E-state index in [2.05, 4.69) is 17.5 Å². The summed E-state index contributed by atoms with van der Waals surface area (Å²) in [7, 11) is 0. The van der Waals surface area contributed by atoms with Crippen LogP contribution in [0.1, 0.15) is 12.0 Å². The van der Waals surface area contributed by atoms with Crippen LogP contribution in [0.2, 0.25) is 0 Å². The van der Waals surface area contributed by atoms with Crippen molar-refractivity contribution >= 4 is 18.5 Å². The monoisotopic (exact) mass is 192 g/mol. The third-order valence-electron chi connectivity index (χ3n) is 1.36. The van der Waals surface area contributed by atoms with Crippen molar-refractivity contribution in [3.63, 3.8) is 0 Å². The van der Waals surface area contributed by atoms with Crippen molar-refractivity contribution in [3.05, 3.63) is 29.6 Å². The van der Waals surface area contributed by atoms with Gasteiger partial charge in [-0.25, -0.2) is 13.2 Å². The molecule has 0 aliphatic rings. The SMILES string of the molecule is Fc1ccc(N[S-])c(C(F)F)c1. The standard InChI is InChI=1S/C7H5F3NS/c8-4-1-2-6(11-12)5(3-4)7(9)10/h1-3,7,11H/q-1. The lowest BCUT2D eigenvalue weighted by atomic mass is 10.2. The molecule has 1 aromatic rings. The summed E-state index contributed by atoms with van der Waals surface area (Å²) >= 11 is 4.36. The third kappa shape index (κ3) is 1.85. The van der Waals surface area contributed by atoms with Gasteiger partial charge in [0.05, 0.1) is 0 Å². The molecule has 0 bridgehead atoms. The first-order valence-electron chi connectivity index (χ1n) is 3.11. The van der Waals surface area contributed by atoms with E-state index in [0.29, 0.717) is 0 Å². The summed E-state index contributed by atoms with van der Waals surface area (Å²) in [5.74, 6) is -0.695. The van der Waals surface area contributed by atoms with Crippen LogP contribution in [0.4, 0.5) is 18.9 Å². The van der Waals surface area contributed by atoms with Crippen LogP contribution >= 0.6 is 0 Å². The molecule has 1 nitrogen and oxygen atoms in total. The van der Waals surface area contributed by atoms with Gasteiger partial charge in [-0.1, -0.05) is 0 Å². The number of hydrogen-bond donors (Lipinski definition) is 1. The van der Waals surface area contributed by atoms with Crippen LogP contribution in [-0.2, 0) is 12.8 Å². The normalized spacial score (nSPS) is 10.4. The highest BCUT2D eigenvalue weighted by atomic mass is 32.1. The second kappa shape index (κ2) is 3.71. The molecule has 5 heteroatoms. The van der Waals surface area contributed by atoms with Crippen molar-refractivity contribution < 1.29 is 13.2 Å². The predicted molar refractivity (Wildman–Crippen MR) is 42.3 cm³/mol. The van der Waals surface area contributed by atoms with Gasteiger partial charge < -0.3 is 17.5 Å². The highest BCUT2D eigenvalue weighted by molar-refractivity contribution is 7.60. The average Bonchev–Trinajstić information content (AvgIpc) is 2.04. The lowest BCUT2D eigenvalue weighted by molar-refractivity contribution is 0.152. The minimum atomic E-state index is -2.72. The van der Waals surface area contributed by atoms with Crippen molar-refractivity contribution in [2.24, 2.45) is 0 Å². The van der Waals surface area contributed by atoms with Crippen molar-refractivity contribution in [1.29, 1.82) is 0 Å². The minimum absolute atomic E-state index is 0.0707. The van der Waals surface area contributed by atoms with Gasteiger partial charge in [-0.2, -0.15) is 0 Å². The van der Waals surface area contributed by atoms with E-state index >= 15 is 0 Å². The fraction of sp³-hybridized carbons (Fsp3) is 0.143. The second-order valence-corrected chi connectivity index (χ2v) is 2.34. The first-order chi connectivity index (χ1) is 5.65. The number of nitrogens with one attached hydrogen (secondary N) is 1. The molecule has 66 valence electrons. The van der Waals surface area contributed by atoms with Crippen LogP contribution in [-0.4, -0.2) is 0 Å². The van der Waals surface area contributed by atoms with Crippen LogP contribution in [0.3, 0.4) is 0 Å². The van der Waals surface area contributed by atoms with Gasteiger partial charge in [0.25, 0.3) is 6.43 Å². The molecule has 0 amide bonds. The molecule has 0 atom stereocenters. The smallest absolute Gasteiger partial charge is 0.265 e. The van der Waals surface area contributed by atoms with E-state index in [0.717, 1.165) is 12.1 Å². The Balaban J connectivity index is 3.12. The maximum atomic E-state index is 12.4. The molecular formula is C7H5F3NS-. The van der Waals surface area contributed by atoms with Gasteiger partial charge in [0.1, 0.15) is 5.82 Å². The lowest BCUT2D eigenvalue weighted by Gasteiger charge is -2.14. The van der Waals surface area contributed by atoms with Gasteiger partial charge in [0.2, 0.25) is 0 Å². The molecule has 0 aliphatic carbocycles. The zero-order valence-electron chi connectivity index (χ0n) is 5.85. The van der Waals surface area contributed by atoms with Crippen LogP contribution in [0, 0.1) is 5.82 Å². The van der Waals surface area contributed by atoms with E-state index in [-0.39, 0.29) is 5.69 Å². The van der Waals surface area contributed by atoms with Crippen molar-refractivity contribution in [2.75, 3.05) is 4.72 Å². The Labute approximate surface area is 73.1 Å². The summed E-state index contributed by atoms with van der Waals surface area (Å²) in [6.07, 6.45) is -2.72. The number of anilines is 1. The first-order valence-corrected chi connectivity index (χ1v) is 3.51. The topological polar surface area (TPSA) is 12.0 Å². The Morgan fingerprint density at radius 2 is 2.00 bits per heavy atom. The number of halogens is 3. The second-order valence-electron chi connectivity index (χ2n) is 2.13. The number of rotatable bonds is 2. The van der Waals surface area contributed by atoms with E-state index in [1.165, 1.54) is 6.07 Å². The number of hydrogen-bond acceptors (Lipinski definition) is 2. The molecule has 0 unspecified atom stereocenters.